The molecule has 0 radical (unpaired) electrons. The first-order valence-corrected chi connectivity index (χ1v) is 11.2. The van der Waals surface area contributed by atoms with Crippen LogP contribution in [0.4, 0.5) is 9.93 Å². The molecule has 0 bridgehead atoms. The molecule has 1 saturated heterocycles. The van der Waals surface area contributed by atoms with Gasteiger partial charge in [-0.05, 0) is 30.7 Å². The smallest absolute Gasteiger partial charge is 0.408 e. The predicted molar refractivity (Wildman–Crippen MR) is 118 cm³/mol. The number of carbonyl (C=O) groups excluding carboxylic acids is 2. The zero-order chi connectivity index (χ0) is 21.5. The fourth-order valence-corrected chi connectivity index (χ4v) is 4.51. The first-order chi connectivity index (χ1) is 14.4. The summed E-state index contributed by atoms with van der Waals surface area (Å²) >= 11 is 1.40. The van der Waals surface area contributed by atoms with Crippen LogP contribution in [0, 0.1) is 11.8 Å². The summed E-state index contributed by atoms with van der Waals surface area (Å²) in [6.07, 6.45) is 0.641. The molecular weight excluding hydrogens is 400 g/mol. The van der Waals surface area contributed by atoms with Crippen molar-refractivity contribution in [3.63, 3.8) is 0 Å². The van der Waals surface area contributed by atoms with Gasteiger partial charge in [-0.25, -0.2) is 9.78 Å². The second kappa shape index (κ2) is 10.5. The second-order valence-electron chi connectivity index (χ2n) is 8.20. The molecule has 2 aromatic rings. The molecule has 3 atom stereocenters. The minimum atomic E-state index is -0.732. The molecule has 0 aliphatic carbocycles. The zero-order valence-electron chi connectivity index (χ0n) is 17.8. The molecule has 30 heavy (non-hydrogen) atoms. The van der Waals surface area contributed by atoms with E-state index in [9.17, 15) is 9.59 Å². The van der Waals surface area contributed by atoms with Gasteiger partial charge in [0.15, 0.2) is 5.13 Å². The van der Waals surface area contributed by atoms with E-state index >= 15 is 0 Å². The lowest BCUT2D eigenvalue weighted by atomic mass is 9.92. The molecule has 1 aromatic carbocycles. The first-order valence-electron chi connectivity index (χ1n) is 10.3. The molecule has 2 amide bonds. The number of hydrogen-bond donors (Lipinski definition) is 2. The highest BCUT2D eigenvalue weighted by Crippen LogP contribution is 2.24. The number of nitrogens with one attached hydrogen (secondary N) is 2. The molecule has 3 rings (SSSR count). The van der Waals surface area contributed by atoms with Crippen molar-refractivity contribution in [2.24, 2.45) is 11.8 Å². The summed E-state index contributed by atoms with van der Waals surface area (Å²) in [6.45, 7) is 9.30. The molecule has 2 N–H and O–H groups in total. The van der Waals surface area contributed by atoms with E-state index in [-0.39, 0.29) is 12.5 Å². The van der Waals surface area contributed by atoms with Gasteiger partial charge >= 0.3 is 6.09 Å². The fourth-order valence-electron chi connectivity index (χ4n) is 3.81. The Morgan fingerprint density at radius 3 is 2.63 bits per heavy atom. The van der Waals surface area contributed by atoms with Crippen LogP contribution in [-0.4, -0.2) is 41.0 Å². The monoisotopic (exact) mass is 430 g/mol. The summed E-state index contributed by atoms with van der Waals surface area (Å²) in [7, 11) is 0. The van der Waals surface area contributed by atoms with Gasteiger partial charge in [-0.15, -0.1) is 11.3 Å². The van der Waals surface area contributed by atoms with E-state index in [1.54, 1.807) is 6.92 Å². The second-order valence-corrected chi connectivity index (χ2v) is 9.06. The Hall–Kier alpha value is -2.45. The third-order valence-electron chi connectivity index (χ3n) is 5.05. The number of alkyl carbamates (subject to hydrolysis) is 1. The van der Waals surface area contributed by atoms with Gasteiger partial charge in [-0.2, -0.15) is 0 Å². The molecule has 0 saturated carbocycles. The van der Waals surface area contributed by atoms with Crippen molar-refractivity contribution in [2.75, 3.05) is 18.4 Å². The van der Waals surface area contributed by atoms with Crippen molar-refractivity contribution in [1.82, 2.24) is 15.2 Å². The molecule has 1 aliphatic heterocycles. The predicted octanol–water partition coefficient (Wildman–Crippen LogP) is 3.87. The highest BCUT2D eigenvalue weighted by Gasteiger charge is 2.23. The van der Waals surface area contributed by atoms with Crippen LogP contribution in [0.5, 0.6) is 0 Å². The van der Waals surface area contributed by atoms with Crippen molar-refractivity contribution in [2.45, 2.75) is 46.4 Å². The van der Waals surface area contributed by atoms with E-state index in [1.807, 2.05) is 35.7 Å². The number of thiazole rings is 1. The molecule has 1 aliphatic rings. The van der Waals surface area contributed by atoms with Crippen LogP contribution in [0.1, 0.15) is 38.4 Å². The maximum absolute atomic E-state index is 12.4. The number of amides is 2. The van der Waals surface area contributed by atoms with Crippen LogP contribution in [0.3, 0.4) is 0 Å². The summed E-state index contributed by atoms with van der Waals surface area (Å²) in [5, 5.41) is 7.84. The van der Waals surface area contributed by atoms with Gasteiger partial charge in [-0.3, -0.25) is 9.69 Å². The Bertz CT molecular complexity index is 832. The number of likely N-dealkylation sites (tertiary alicyclic amines) is 1. The van der Waals surface area contributed by atoms with Crippen molar-refractivity contribution in [3.8, 4) is 0 Å². The van der Waals surface area contributed by atoms with Crippen LogP contribution < -0.4 is 10.6 Å². The number of rotatable bonds is 7. The third-order valence-corrected chi connectivity index (χ3v) is 5.86. The Morgan fingerprint density at radius 1 is 1.23 bits per heavy atom. The molecule has 162 valence electrons. The van der Waals surface area contributed by atoms with Crippen molar-refractivity contribution >= 4 is 28.5 Å². The number of carbonyl (C=O) groups is 2. The van der Waals surface area contributed by atoms with E-state index in [1.165, 1.54) is 17.8 Å². The molecule has 0 unspecified atom stereocenters. The SMILES string of the molecule is C[C@@H]1C[C@@H](C)CN(Cc2csc(NC(=O)[C@H](C)NC(=O)OCc3ccccc3)n2)C1. The summed E-state index contributed by atoms with van der Waals surface area (Å²) in [4.78, 5) is 31.3. The number of ether oxygens (including phenoxy) is 1. The van der Waals surface area contributed by atoms with E-state index in [4.69, 9.17) is 4.74 Å². The number of anilines is 1. The molecule has 1 fully saturated rings. The van der Waals surface area contributed by atoms with Gasteiger partial charge in [0.05, 0.1) is 5.69 Å². The minimum absolute atomic E-state index is 0.157. The molecule has 1 aromatic heterocycles. The third kappa shape index (κ3) is 6.81. The highest BCUT2D eigenvalue weighted by molar-refractivity contribution is 7.13. The lowest BCUT2D eigenvalue weighted by Crippen LogP contribution is -2.41. The van der Waals surface area contributed by atoms with Crippen LogP contribution >= 0.6 is 11.3 Å². The van der Waals surface area contributed by atoms with Crippen LogP contribution in [0.15, 0.2) is 35.7 Å². The van der Waals surface area contributed by atoms with Gasteiger partial charge in [0.1, 0.15) is 12.6 Å². The highest BCUT2D eigenvalue weighted by atomic mass is 32.1. The van der Waals surface area contributed by atoms with Crippen LogP contribution in [-0.2, 0) is 22.7 Å². The lowest BCUT2D eigenvalue weighted by Gasteiger charge is -2.34. The zero-order valence-corrected chi connectivity index (χ0v) is 18.6. The molecule has 8 heteroatoms. The summed E-state index contributed by atoms with van der Waals surface area (Å²) < 4.78 is 5.16. The van der Waals surface area contributed by atoms with E-state index < -0.39 is 12.1 Å². The van der Waals surface area contributed by atoms with Crippen LogP contribution in [0.25, 0.3) is 0 Å². The molecule has 7 nitrogen and oxygen atoms in total. The van der Waals surface area contributed by atoms with Gasteiger partial charge < -0.3 is 15.4 Å². The quantitative estimate of drug-likeness (QED) is 0.697. The van der Waals surface area contributed by atoms with Crippen molar-refractivity contribution in [3.05, 3.63) is 47.0 Å². The average molecular weight is 431 g/mol. The minimum Gasteiger partial charge on any atom is -0.445 e. The average Bonchev–Trinajstić information content (AvgIpc) is 3.13. The molecular formula is C22H30N4O3S. The summed E-state index contributed by atoms with van der Waals surface area (Å²) in [5.41, 5.74) is 1.84. The van der Waals surface area contributed by atoms with Gasteiger partial charge in [0.2, 0.25) is 5.91 Å². The number of aromatic nitrogens is 1. The Labute approximate surface area is 181 Å². The Balaban J connectivity index is 1.43. The van der Waals surface area contributed by atoms with Crippen molar-refractivity contribution < 1.29 is 14.3 Å². The summed E-state index contributed by atoms with van der Waals surface area (Å²) in [5.74, 6) is 1.06. The Morgan fingerprint density at radius 2 is 1.93 bits per heavy atom. The topological polar surface area (TPSA) is 83.6 Å². The van der Waals surface area contributed by atoms with E-state index in [0.29, 0.717) is 17.0 Å². The number of nitrogens with zero attached hydrogens (tertiary/aromatic N) is 2. The maximum Gasteiger partial charge on any atom is 0.408 e. The van der Waals surface area contributed by atoms with Crippen LogP contribution in [0.2, 0.25) is 0 Å². The first kappa shape index (κ1) is 22.2. The van der Waals surface area contributed by atoms with Crippen molar-refractivity contribution in [1.29, 1.82) is 0 Å². The van der Waals surface area contributed by atoms with E-state index in [2.05, 4.69) is 34.4 Å². The molecule has 2 heterocycles. The number of benzene rings is 1. The maximum atomic E-state index is 12.4. The van der Waals surface area contributed by atoms with Gasteiger partial charge in [0, 0.05) is 25.0 Å². The number of piperidine rings is 1. The van der Waals surface area contributed by atoms with E-state index in [0.717, 1.165) is 30.9 Å². The Kier molecular flexibility index (Phi) is 7.81. The summed E-state index contributed by atoms with van der Waals surface area (Å²) in [6, 6.07) is 8.66. The lowest BCUT2D eigenvalue weighted by molar-refractivity contribution is -0.117. The number of hydrogen-bond acceptors (Lipinski definition) is 6. The standard InChI is InChI=1S/C22H30N4O3S/c1-15-9-16(2)11-26(10-15)12-19-14-30-21(24-19)25-20(27)17(3)23-22(28)29-13-18-7-5-4-6-8-18/h4-8,14-17H,9-13H2,1-3H3,(H,23,28)(H,24,25,27)/t15-,16-,17+/m1/s1. The normalized spacial score (nSPS) is 20.4. The van der Waals surface area contributed by atoms with Gasteiger partial charge in [-0.1, -0.05) is 44.2 Å². The fraction of sp³-hybridized carbons (Fsp3) is 0.500. The largest absolute Gasteiger partial charge is 0.445 e. The molecule has 0 spiro atoms. The van der Waals surface area contributed by atoms with Gasteiger partial charge in [0.25, 0.3) is 0 Å².